The molecule has 4 aromatic carbocycles. The number of allylic oxidation sites excluding steroid dienone is 1. The zero-order valence-electron chi connectivity index (χ0n) is 36.7. The average Bonchev–Trinajstić information content (AvgIpc) is 3.32. The number of unbranched alkanes of at least 4 members (excludes halogenated alkanes) is 2. The maximum absolute atomic E-state index is 13.6. The second-order valence-corrected chi connectivity index (χ2v) is 18.1. The Labute approximate surface area is 379 Å². The Balaban J connectivity index is 1.25. The summed E-state index contributed by atoms with van der Waals surface area (Å²) < 4.78 is 37.4. The van der Waals surface area contributed by atoms with Gasteiger partial charge in [0.15, 0.2) is 0 Å². The number of methoxy groups -OCH3 is 2. The van der Waals surface area contributed by atoms with Crippen molar-refractivity contribution in [2.45, 2.75) is 92.3 Å². The van der Waals surface area contributed by atoms with Crippen LogP contribution in [0.2, 0.25) is 0 Å². The largest absolute Gasteiger partial charge is 0.497 e. The van der Waals surface area contributed by atoms with Gasteiger partial charge >= 0.3 is 6.09 Å². The maximum Gasteiger partial charge on any atom is 0.417 e. The molecule has 1 saturated heterocycles. The van der Waals surface area contributed by atoms with Gasteiger partial charge in [0, 0.05) is 48.5 Å². The number of hydrogen-bond acceptors (Lipinski definition) is 12. The minimum Gasteiger partial charge on any atom is -0.497 e. The van der Waals surface area contributed by atoms with E-state index in [0.717, 1.165) is 77.5 Å². The topological polar surface area (TPSA) is 147 Å². The molecule has 340 valence electrons. The van der Waals surface area contributed by atoms with E-state index in [4.69, 9.17) is 38.4 Å². The van der Waals surface area contributed by atoms with Gasteiger partial charge in [-0.3, -0.25) is 5.32 Å². The van der Waals surface area contributed by atoms with Crippen molar-refractivity contribution in [3.05, 3.63) is 109 Å². The minimum atomic E-state index is -1.19. The molecule has 4 aromatic rings. The Kier molecular flexibility index (Phi) is 15.1. The molecule has 7 atom stereocenters. The Bertz CT molecular complexity index is 2310. The zero-order valence-corrected chi connectivity index (χ0v) is 37.6. The number of aliphatic hydroxyl groups excluding tert-OH is 2. The predicted octanol–water partition coefficient (Wildman–Crippen LogP) is 10.4. The number of amides is 1. The quantitative estimate of drug-likeness (QED) is 0.0470. The fourth-order valence-corrected chi connectivity index (χ4v) is 11.3. The highest BCUT2D eigenvalue weighted by molar-refractivity contribution is 8.00. The molecule has 0 radical (unpaired) electrons. The number of nitrogens with zero attached hydrogens (tertiary/aromatic N) is 1. The third-order valence-corrected chi connectivity index (χ3v) is 14.2. The lowest BCUT2D eigenvalue weighted by atomic mass is 9.56. The molecule has 12 nitrogen and oxygen atoms in total. The molecule has 8 rings (SSSR count). The van der Waals surface area contributed by atoms with E-state index >= 15 is 0 Å². The number of fused-ring (bicyclic) bond motifs is 3. The molecule has 1 saturated carbocycles. The van der Waals surface area contributed by atoms with Crippen molar-refractivity contribution in [2.24, 2.45) is 22.9 Å². The van der Waals surface area contributed by atoms with Crippen LogP contribution in [0.3, 0.4) is 0 Å². The number of oxime groups is 1. The van der Waals surface area contributed by atoms with Gasteiger partial charge in [-0.1, -0.05) is 60.5 Å². The first kappa shape index (κ1) is 45.5. The molecule has 2 heterocycles. The zero-order chi connectivity index (χ0) is 44.5. The van der Waals surface area contributed by atoms with Crippen LogP contribution < -0.4 is 24.3 Å². The summed E-state index contributed by atoms with van der Waals surface area (Å²) in [5, 5.41) is 29.7. The van der Waals surface area contributed by atoms with Crippen LogP contribution in [0.1, 0.15) is 75.7 Å². The SMILES string of the molecule is C=CCOC12Oc3ccc(OC(=O)Nc4ccc(OC)cc4OC)cc3C3C(CCCCO)C(CCCCO)C=C(C(=NOC4CCCCO4)CC1Sc1ccc4ccccc4c1)C32. The average molecular weight is 893 g/mol. The number of carbonyl (C=O) groups excluding carboxylic acids is 1. The molecule has 13 heteroatoms. The second kappa shape index (κ2) is 21.3. The van der Waals surface area contributed by atoms with Crippen LogP contribution in [0, 0.1) is 17.8 Å². The van der Waals surface area contributed by atoms with Gasteiger partial charge in [-0.25, -0.2) is 4.79 Å². The molecule has 2 aliphatic carbocycles. The summed E-state index contributed by atoms with van der Waals surface area (Å²) in [5.41, 5.74) is 3.16. The van der Waals surface area contributed by atoms with Gasteiger partial charge in [-0.15, -0.1) is 18.3 Å². The number of thioether (sulfide) groups is 1. The summed E-state index contributed by atoms with van der Waals surface area (Å²) in [6.45, 7) is 5.15. The van der Waals surface area contributed by atoms with E-state index in [-0.39, 0.29) is 48.7 Å². The fraction of sp³-hybridized carbons (Fsp3) is 0.451. The Morgan fingerprint density at radius 2 is 1.75 bits per heavy atom. The third-order valence-electron chi connectivity index (χ3n) is 12.9. The van der Waals surface area contributed by atoms with Crippen molar-refractivity contribution in [1.29, 1.82) is 0 Å². The van der Waals surface area contributed by atoms with Gasteiger partial charge < -0.3 is 43.5 Å². The first-order chi connectivity index (χ1) is 31.4. The molecule has 1 amide bonds. The van der Waals surface area contributed by atoms with Gasteiger partial charge in [-0.2, -0.15) is 0 Å². The van der Waals surface area contributed by atoms with Crippen molar-refractivity contribution in [3.63, 3.8) is 0 Å². The molecular weight excluding hydrogens is 833 g/mol. The summed E-state index contributed by atoms with van der Waals surface area (Å²) in [6, 6.07) is 25.6. The number of hydrogen-bond donors (Lipinski definition) is 3. The Morgan fingerprint density at radius 1 is 0.938 bits per heavy atom. The van der Waals surface area contributed by atoms with Gasteiger partial charge in [0.25, 0.3) is 0 Å². The fourth-order valence-electron chi connectivity index (χ4n) is 9.95. The Hall–Kier alpha value is -5.05. The standard InChI is InChI=1S/C51H60N2O10S/c1-4-26-60-51-46(64-38-21-18-33-13-5-6-14-34(33)28-38)32-43(53-63-47-17-9-12-27-59-47)40-29-35(15-7-10-24-54)39(16-8-11-25-55)48(49(40)51)41-30-37(20-23-44(41)62-51)61-50(56)52-42-22-19-36(57-2)31-45(42)58-3/h4-6,13-14,18-23,28-31,35,39,46-49,54-55H,1,7-12,15-17,24-27,32H2,2-3H3,(H,52,56). The minimum absolute atomic E-state index is 0.0641. The number of rotatable bonds is 19. The van der Waals surface area contributed by atoms with Crippen LogP contribution in [0.4, 0.5) is 10.5 Å². The summed E-state index contributed by atoms with van der Waals surface area (Å²) >= 11 is 1.72. The van der Waals surface area contributed by atoms with E-state index in [0.29, 0.717) is 54.6 Å². The van der Waals surface area contributed by atoms with Crippen molar-refractivity contribution in [2.75, 3.05) is 46.0 Å². The van der Waals surface area contributed by atoms with Gasteiger partial charge in [0.2, 0.25) is 12.1 Å². The lowest BCUT2D eigenvalue weighted by molar-refractivity contribution is -0.223. The van der Waals surface area contributed by atoms with Crippen molar-refractivity contribution >= 4 is 40.0 Å². The monoisotopic (exact) mass is 892 g/mol. The first-order valence-corrected chi connectivity index (χ1v) is 23.5. The molecule has 7 unspecified atom stereocenters. The predicted molar refractivity (Wildman–Crippen MR) is 249 cm³/mol. The molecule has 4 aliphatic rings. The van der Waals surface area contributed by atoms with E-state index < -0.39 is 18.2 Å². The smallest absolute Gasteiger partial charge is 0.417 e. The van der Waals surface area contributed by atoms with Crippen molar-refractivity contribution in [1.82, 2.24) is 0 Å². The Morgan fingerprint density at radius 3 is 2.52 bits per heavy atom. The van der Waals surface area contributed by atoms with E-state index in [1.807, 2.05) is 18.2 Å². The van der Waals surface area contributed by atoms with E-state index in [2.05, 4.69) is 54.4 Å². The van der Waals surface area contributed by atoms with E-state index in [1.165, 1.54) is 7.11 Å². The summed E-state index contributed by atoms with van der Waals surface area (Å²) in [7, 11) is 3.09. The first-order valence-electron chi connectivity index (χ1n) is 22.6. The number of carbonyl (C=O) groups is 1. The van der Waals surface area contributed by atoms with Gasteiger partial charge in [0.05, 0.1) is 50.0 Å². The van der Waals surface area contributed by atoms with Crippen LogP contribution in [0.25, 0.3) is 10.8 Å². The van der Waals surface area contributed by atoms with Crippen LogP contribution in [0.15, 0.2) is 113 Å². The molecule has 0 aromatic heterocycles. The molecular formula is C51H60N2O10S. The van der Waals surface area contributed by atoms with Crippen molar-refractivity contribution < 1.29 is 48.3 Å². The lowest BCUT2D eigenvalue weighted by Gasteiger charge is -2.58. The van der Waals surface area contributed by atoms with Crippen molar-refractivity contribution in [3.8, 4) is 23.0 Å². The molecule has 2 fully saturated rings. The van der Waals surface area contributed by atoms with Crippen LogP contribution in [-0.2, 0) is 14.3 Å². The highest BCUT2D eigenvalue weighted by atomic mass is 32.2. The molecule has 2 aliphatic heterocycles. The molecule has 0 bridgehead atoms. The highest BCUT2D eigenvalue weighted by Crippen LogP contribution is 2.63. The van der Waals surface area contributed by atoms with Crippen LogP contribution in [-0.4, -0.2) is 80.0 Å². The van der Waals surface area contributed by atoms with E-state index in [9.17, 15) is 15.0 Å². The number of nitrogens with one attached hydrogen (secondary N) is 1. The van der Waals surface area contributed by atoms with Crippen LogP contribution >= 0.6 is 11.8 Å². The maximum atomic E-state index is 13.6. The second-order valence-electron chi connectivity index (χ2n) is 16.9. The number of ether oxygens (including phenoxy) is 6. The van der Waals surface area contributed by atoms with Gasteiger partial charge in [0.1, 0.15) is 23.0 Å². The molecule has 3 N–H and O–H groups in total. The molecule has 0 spiro atoms. The van der Waals surface area contributed by atoms with Gasteiger partial charge in [-0.05, 0) is 109 Å². The van der Waals surface area contributed by atoms with Crippen LogP contribution in [0.5, 0.6) is 23.0 Å². The number of benzene rings is 4. The normalized spacial score (nSPS) is 25.3. The molecule has 64 heavy (non-hydrogen) atoms. The number of aliphatic hydroxyl groups is 2. The lowest BCUT2D eigenvalue weighted by Crippen LogP contribution is -2.64. The number of anilines is 1. The third kappa shape index (κ3) is 9.94. The summed E-state index contributed by atoms with van der Waals surface area (Å²) in [6.07, 6.45) is 10.9. The van der Waals surface area contributed by atoms with E-state index in [1.54, 1.807) is 49.2 Å². The summed E-state index contributed by atoms with van der Waals surface area (Å²) in [5.74, 6) is 0.394. The summed E-state index contributed by atoms with van der Waals surface area (Å²) in [4.78, 5) is 20.9. The highest BCUT2D eigenvalue weighted by Gasteiger charge is 2.64.